The number of nitrogens with one attached hydrogen (secondary N) is 1. The van der Waals surface area contributed by atoms with Crippen LogP contribution in [0.15, 0.2) is 57.9 Å². The number of hydrogen-bond acceptors (Lipinski definition) is 3. The summed E-state index contributed by atoms with van der Waals surface area (Å²) in [6, 6.07) is 14.8. The molecule has 0 atom stereocenters. The molecule has 0 aliphatic rings. The van der Waals surface area contributed by atoms with Crippen LogP contribution in [-0.4, -0.2) is 17.4 Å². The van der Waals surface area contributed by atoms with Crippen molar-refractivity contribution in [3.63, 3.8) is 0 Å². The average Bonchev–Trinajstić information content (AvgIpc) is 2.46. The highest BCUT2D eigenvalue weighted by molar-refractivity contribution is 9.10. The number of Topliss-reactive ketones (excluding diaryl/α,β-unsaturated/α-hetero) is 1. The fourth-order valence-corrected chi connectivity index (χ4v) is 2.76. The van der Waals surface area contributed by atoms with Gasteiger partial charge in [0, 0.05) is 27.5 Å². The number of carbonyl (C=O) groups is 2. The van der Waals surface area contributed by atoms with E-state index in [1.54, 1.807) is 0 Å². The second kappa shape index (κ2) is 7.43. The van der Waals surface area contributed by atoms with Gasteiger partial charge in [-0.05, 0) is 36.4 Å². The molecule has 108 valence electrons. The minimum atomic E-state index is -0.0965. The standard InChI is InChI=1S/C16H14BrNO2S/c1-11(19)18-14-6-8-15(9-7-14)21-10-16(20)12-2-4-13(17)5-3-12/h2-9H,10H2,1H3,(H,18,19). The van der Waals surface area contributed by atoms with Crippen molar-refractivity contribution in [3.8, 4) is 0 Å². The van der Waals surface area contributed by atoms with E-state index in [0.717, 1.165) is 15.1 Å². The lowest BCUT2D eigenvalue weighted by Crippen LogP contribution is -2.05. The van der Waals surface area contributed by atoms with Crippen molar-refractivity contribution in [2.75, 3.05) is 11.1 Å². The fraction of sp³-hybridized carbons (Fsp3) is 0.125. The number of amides is 1. The maximum Gasteiger partial charge on any atom is 0.221 e. The molecule has 0 bridgehead atoms. The third-order valence-corrected chi connectivity index (χ3v) is 4.25. The minimum absolute atomic E-state index is 0.0958. The first-order valence-corrected chi connectivity index (χ1v) is 8.11. The van der Waals surface area contributed by atoms with Crippen LogP contribution in [0.1, 0.15) is 17.3 Å². The van der Waals surface area contributed by atoms with Gasteiger partial charge >= 0.3 is 0 Å². The van der Waals surface area contributed by atoms with Crippen molar-refractivity contribution in [2.24, 2.45) is 0 Å². The Kier molecular flexibility index (Phi) is 5.59. The monoisotopic (exact) mass is 363 g/mol. The molecule has 21 heavy (non-hydrogen) atoms. The van der Waals surface area contributed by atoms with Gasteiger partial charge in [-0.25, -0.2) is 0 Å². The number of thioether (sulfide) groups is 1. The SMILES string of the molecule is CC(=O)Nc1ccc(SCC(=O)c2ccc(Br)cc2)cc1. The van der Waals surface area contributed by atoms with Crippen molar-refractivity contribution in [2.45, 2.75) is 11.8 Å². The van der Waals surface area contributed by atoms with Crippen LogP contribution in [0.25, 0.3) is 0 Å². The zero-order chi connectivity index (χ0) is 15.2. The summed E-state index contributed by atoms with van der Waals surface area (Å²) in [4.78, 5) is 24.0. The Labute approximate surface area is 136 Å². The van der Waals surface area contributed by atoms with Crippen LogP contribution in [-0.2, 0) is 4.79 Å². The second-order valence-electron chi connectivity index (χ2n) is 4.42. The predicted octanol–water partition coefficient (Wildman–Crippen LogP) is 4.38. The summed E-state index contributed by atoms with van der Waals surface area (Å²) in [7, 11) is 0. The molecule has 0 fully saturated rings. The van der Waals surface area contributed by atoms with E-state index in [2.05, 4.69) is 21.2 Å². The number of anilines is 1. The van der Waals surface area contributed by atoms with Gasteiger partial charge in [-0.3, -0.25) is 9.59 Å². The Morgan fingerprint density at radius 3 is 2.24 bits per heavy atom. The molecule has 1 N–H and O–H groups in total. The van der Waals surface area contributed by atoms with Gasteiger partial charge in [0.2, 0.25) is 5.91 Å². The molecule has 0 aliphatic heterocycles. The smallest absolute Gasteiger partial charge is 0.221 e. The van der Waals surface area contributed by atoms with Crippen LogP contribution < -0.4 is 5.32 Å². The second-order valence-corrected chi connectivity index (χ2v) is 6.39. The molecule has 0 aromatic heterocycles. The molecule has 0 radical (unpaired) electrons. The average molecular weight is 364 g/mol. The molecule has 0 spiro atoms. The lowest BCUT2D eigenvalue weighted by atomic mass is 10.2. The van der Waals surface area contributed by atoms with Crippen molar-refractivity contribution in [1.29, 1.82) is 0 Å². The summed E-state index contributed by atoms with van der Waals surface area (Å²) >= 11 is 4.83. The van der Waals surface area contributed by atoms with Gasteiger partial charge in [0.05, 0.1) is 5.75 Å². The van der Waals surface area contributed by atoms with Crippen molar-refractivity contribution < 1.29 is 9.59 Å². The molecule has 2 aromatic carbocycles. The van der Waals surface area contributed by atoms with E-state index in [9.17, 15) is 9.59 Å². The number of halogens is 1. The van der Waals surface area contributed by atoms with E-state index < -0.39 is 0 Å². The van der Waals surface area contributed by atoms with Gasteiger partial charge in [-0.2, -0.15) is 0 Å². The molecule has 0 saturated carbocycles. The van der Waals surface area contributed by atoms with E-state index in [1.807, 2.05) is 48.5 Å². The summed E-state index contributed by atoms with van der Waals surface area (Å²) in [6.07, 6.45) is 0. The van der Waals surface area contributed by atoms with Crippen LogP contribution in [0.2, 0.25) is 0 Å². The van der Waals surface area contributed by atoms with Gasteiger partial charge in [0.15, 0.2) is 5.78 Å². The number of benzene rings is 2. The Hall–Kier alpha value is -1.59. The van der Waals surface area contributed by atoms with E-state index in [-0.39, 0.29) is 11.7 Å². The minimum Gasteiger partial charge on any atom is -0.326 e. The third-order valence-electron chi connectivity index (χ3n) is 2.71. The topological polar surface area (TPSA) is 46.2 Å². The highest BCUT2D eigenvalue weighted by Crippen LogP contribution is 2.22. The van der Waals surface area contributed by atoms with Crippen molar-refractivity contribution in [3.05, 3.63) is 58.6 Å². The molecule has 1 amide bonds. The first kappa shape index (κ1) is 15.8. The summed E-state index contributed by atoms with van der Waals surface area (Å²) in [6.45, 7) is 1.47. The van der Waals surface area contributed by atoms with Gasteiger partial charge in [0.1, 0.15) is 0 Å². The Morgan fingerprint density at radius 1 is 1.05 bits per heavy atom. The van der Waals surface area contributed by atoms with E-state index in [1.165, 1.54) is 18.7 Å². The number of rotatable bonds is 5. The lowest BCUT2D eigenvalue weighted by molar-refractivity contribution is -0.114. The third kappa shape index (κ3) is 5.02. The molecule has 0 unspecified atom stereocenters. The van der Waals surface area contributed by atoms with E-state index in [0.29, 0.717) is 11.3 Å². The maximum absolute atomic E-state index is 12.0. The van der Waals surface area contributed by atoms with Crippen LogP contribution in [0, 0.1) is 0 Å². The molecule has 0 aliphatic carbocycles. The molecule has 5 heteroatoms. The molecule has 0 saturated heterocycles. The fourth-order valence-electron chi connectivity index (χ4n) is 1.71. The van der Waals surface area contributed by atoms with Crippen LogP contribution in [0.4, 0.5) is 5.69 Å². The van der Waals surface area contributed by atoms with Crippen LogP contribution >= 0.6 is 27.7 Å². The first-order chi connectivity index (χ1) is 10.0. The Balaban J connectivity index is 1.92. The molecular weight excluding hydrogens is 350 g/mol. The zero-order valence-electron chi connectivity index (χ0n) is 11.4. The number of hydrogen-bond donors (Lipinski definition) is 1. The Morgan fingerprint density at radius 2 is 1.67 bits per heavy atom. The first-order valence-electron chi connectivity index (χ1n) is 6.34. The van der Waals surface area contributed by atoms with Crippen molar-refractivity contribution in [1.82, 2.24) is 0 Å². The largest absolute Gasteiger partial charge is 0.326 e. The molecule has 2 rings (SSSR count). The number of ketones is 1. The zero-order valence-corrected chi connectivity index (χ0v) is 13.8. The molecule has 3 nitrogen and oxygen atoms in total. The highest BCUT2D eigenvalue weighted by atomic mass is 79.9. The predicted molar refractivity (Wildman–Crippen MR) is 89.9 cm³/mol. The molecule has 0 heterocycles. The van der Waals surface area contributed by atoms with Crippen LogP contribution in [0.5, 0.6) is 0 Å². The summed E-state index contributed by atoms with van der Waals surface area (Å²) < 4.78 is 0.959. The quantitative estimate of drug-likeness (QED) is 0.633. The van der Waals surface area contributed by atoms with E-state index >= 15 is 0 Å². The summed E-state index contributed by atoms with van der Waals surface area (Å²) in [5.41, 5.74) is 1.46. The van der Waals surface area contributed by atoms with Gasteiger partial charge in [0.25, 0.3) is 0 Å². The van der Waals surface area contributed by atoms with Crippen LogP contribution in [0.3, 0.4) is 0 Å². The van der Waals surface area contributed by atoms with Gasteiger partial charge < -0.3 is 5.32 Å². The highest BCUT2D eigenvalue weighted by Gasteiger charge is 2.06. The Bertz CT molecular complexity index is 638. The van der Waals surface area contributed by atoms with Gasteiger partial charge in [-0.1, -0.05) is 28.1 Å². The molecular formula is C16H14BrNO2S. The normalized spacial score (nSPS) is 10.2. The van der Waals surface area contributed by atoms with Gasteiger partial charge in [-0.15, -0.1) is 11.8 Å². The molecule has 2 aromatic rings. The van der Waals surface area contributed by atoms with Crippen molar-refractivity contribution >= 4 is 45.1 Å². The summed E-state index contributed by atoms with van der Waals surface area (Å²) in [5.74, 6) is 0.389. The summed E-state index contributed by atoms with van der Waals surface area (Å²) in [5, 5.41) is 2.71. The van der Waals surface area contributed by atoms with E-state index in [4.69, 9.17) is 0 Å². The maximum atomic E-state index is 12.0. The number of carbonyl (C=O) groups excluding carboxylic acids is 2. The lowest BCUT2D eigenvalue weighted by Gasteiger charge is -2.04.